The Bertz CT molecular complexity index is 1520. The molecule has 0 atom stereocenters. The lowest BCUT2D eigenvalue weighted by molar-refractivity contribution is 0.306. The molecule has 0 aliphatic rings. The Labute approximate surface area is 197 Å². The first-order valence-electron chi connectivity index (χ1n) is 11.1. The Morgan fingerprint density at radius 1 is 0.882 bits per heavy atom. The van der Waals surface area contributed by atoms with Crippen molar-refractivity contribution < 1.29 is 4.74 Å². The molecule has 5 nitrogen and oxygen atoms in total. The quantitative estimate of drug-likeness (QED) is 0.309. The molecule has 5 aromatic rings. The molecule has 0 saturated heterocycles. The van der Waals surface area contributed by atoms with Crippen LogP contribution in [0.25, 0.3) is 22.3 Å². The number of para-hydroxylation sites is 1. The van der Waals surface area contributed by atoms with Gasteiger partial charge in [0, 0.05) is 5.56 Å². The zero-order chi connectivity index (χ0) is 23.3. The summed E-state index contributed by atoms with van der Waals surface area (Å²) in [6.45, 7) is 2.57. The molecule has 1 aromatic heterocycles. The van der Waals surface area contributed by atoms with E-state index in [2.05, 4.69) is 24.2 Å². The third kappa shape index (κ3) is 4.64. The molecular formula is C29H23N3O2. The van der Waals surface area contributed by atoms with E-state index < -0.39 is 0 Å². The molecule has 4 aromatic carbocycles. The molecule has 0 saturated carbocycles. The summed E-state index contributed by atoms with van der Waals surface area (Å²) >= 11 is 0. The van der Waals surface area contributed by atoms with Crippen molar-refractivity contribution >= 4 is 17.1 Å². The third-order valence-electron chi connectivity index (χ3n) is 5.48. The summed E-state index contributed by atoms with van der Waals surface area (Å²) in [7, 11) is 0. The van der Waals surface area contributed by atoms with Crippen molar-refractivity contribution in [3.05, 3.63) is 130 Å². The smallest absolute Gasteiger partial charge is 0.282 e. The number of rotatable bonds is 6. The van der Waals surface area contributed by atoms with Crippen LogP contribution in [0.15, 0.2) is 113 Å². The van der Waals surface area contributed by atoms with E-state index in [0.717, 1.165) is 22.4 Å². The monoisotopic (exact) mass is 445 g/mol. The topological polar surface area (TPSA) is 56.5 Å². The summed E-state index contributed by atoms with van der Waals surface area (Å²) in [5.74, 6) is 1.27. The van der Waals surface area contributed by atoms with Crippen LogP contribution in [-0.4, -0.2) is 15.9 Å². The molecule has 0 N–H and O–H groups in total. The zero-order valence-electron chi connectivity index (χ0n) is 18.8. The minimum Gasteiger partial charge on any atom is -0.489 e. The highest BCUT2D eigenvalue weighted by molar-refractivity contribution is 5.82. The molecule has 0 unspecified atom stereocenters. The number of aromatic nitrogens is 2. The standard InChI is InChI=1S/C29H23N3O2/c1-21-8-7-9-23(18-21)20-34-25-16-14-22(15-17-25)19-30-32-28(24-10-3-2-4-11-24)31-27-13-6-5-12-26(27)29(32)33/h2-19H,20H2,1H3. The van der Waals surface area contributed by atoms with Gasteiger partial charge >= 0.3 is 0 Å². The Balaban J connectivity index is 1.42. The Kier molecular flexibility index (Phi) is 5.99. The Morgan fingerprint density at radius 3 is 2.44 bits per heavy atom. The van der Waals surface area contributed by atoms with Crippen LogP contribution in [0.3, 0.4) is 0 Å². The molecule has 0 fully saturated rings. The van der Waals surface area contributed by atoms with E-state index in [1.807, 2.05) is 84.9 Å². The number of hydrogen-bond acceptors (Lipinski definition) is 4. The van der Waals surface area contributed by atoms with Crippen LogP contribution in [0, 0.1) is 6.92 Å². The van der Waals surface area contributed by atoms with Gasteiger partial charge in [0.1, 0.15) is 12.4 Å². The average Bonchev–Trinajstić information content (AvgIpc) is 2.88. The SMILES string of the molecule is Cc1cccc(COc2ccc(C=Nn3c(-c4ccccc4)nc4ccccc4c3=O)cc2)c1. The number of benzene rings is 4. The van der Waals surface area contributed by atoms with Gasteiger partial charge in [-0.3, -0.25) is 4.79 Å². The van der Waals surface area contributed by atoms with Gasteiger partial charge in [0.2, 0.25) is 0 Å². The molecule has 0 spiro atoms. The first-order valence-corrected chi connectivity index (χ1v) is 11.1. The van der Waals surface area contributed by atoms with Gasteiger partial charge in [0.15, 0.2) is 5.82 Å². The van der Waals surface area contributed by atoms with Gasteiger partial charge in [-0.15, -0.1) is 0 Å². The van der Waals surface area contributed by atoms with E-state index in [-0.39, 0.29) is 5.56 Å². The second-order valence-electron chi connectivity index (χ2n) is 8.03. The molecule has 0 aliphatic heterocycles. The lowest BCUT2D eigenvalue weighted by Crippen LogP contribution is -2.20. The molecule has 5 rings (SSSR count). The van der Waals surface area contributed by atoms with Crippen LogP contribution >= 0.6 is 0 Å². The Morgan fingerprint density at radius 2 is 1.65 bits per heavy atom. The summed E-state index contributed by atoms with van der Waals surface area (Å²) in [5.41, 5.74) is 4.44. The van der Waals surface area contributed by atoms with Crippen LogP contribution in [-0.2, 0) is 6.61 Å². The minimum absolute atomic E-state index is 0.209. The molecule has 0 aliphatic carbocycles. The largest absolute Gasteiger partial charge is 0.489 e. The predicted octanol–water partition coefficient (Wildman–Crippen LogP) is 5.83. The van der Waals surface area contributed by atoms with E-state index in [9.17, 15) is 4.79 Å². The second kappa shape index (κ2) is 9.55. The van der Waals surface area contributed by atoms with Crippen molar-refractivity contribution in [1.29, 1.82) is 0 Å². The maximum atomic E-state index is 13.2. The highest BCUT2D eigenvalue weighted by atomic mass is 16.5. The first-order chi connectivity index (χ1) is 16.7. The second-order valence-corrected chi connectivity index (χ2v) is 8.03. The first kappa shape index (κ1) is 21.3. The third-order valence-corrected chi connectivity index (χ3v) is 5.48. The molecule has 5 heteroatoms. The number of fused-ring (bicyclic) bond motifs is 1. The van der Waals surface area contributed by atoms with Crippen molar-refractivity contribution in [3.63, 3.8) is 0 Å². The summed E-state index contributed by atoms with van der Waals surface area (Å²) < 4.78 is 7.26. The van der Waals surface area contributed by atoms with Crippen LogP contribution in [0.1, 0.15) is 16.7 Å². The van der Waals surface area contributed by atoms with Crippen molar-refractivity contribution in [1.82, 2.24) is 9.66 Å². The fraction of sp³-hybridized carbons (Fsp3) is 0.0690. The van der Waals surface area contributed by atoms with Crippen LogP contribution in [0.2, 0.25) is 0 Å². The van der Waals surface area contributed by atoms with Gasteiger partial charge in [-0.25, -0.2) is 4.98 Å². The number of nitrogens with zero attached hydrogens (tertiary/aromatic N) is 3. The van der Waals surface area contributed by atoms with Crippen molar-refractivity contribution in [2.45, 2.75) is 13.5 Å². The Hall–Kier alpha value is -4.51. The molecule has 166 valence electrons. The molecule has 34 heavy (non-hydrogen) atoms. The van der Waals surface area contributed by atoms with E-state index in [4.69, 9.17) is 9.72 Å². The van der Waals surface area contributed by atoms with Crippen molar-refractivity contribution in [2.75, 3.05) is 0 Å². The molecule has 0 amide bonds. The average molecular weight is 446 g/mol. The van der Waals surface area contributed by atoms with Crippen molar-refractivity contribution in [3.8, 4) is 17.1 Å². The molecule has 0 radical (unpaired) electrons. The fourth-order valence-electron chi connectivity index (χ4n) is 3.75. The maximum Gasteiger partial charge on any atom is 0.282 e. The van der Waals surface area contributed by atoms with Crippen LogP contribution in [0.5, 0.6) is 5.75 Å². The number of hydrogen-bond donors (Lipinski definition) is 0. The zero-order valence-corrected chi connectivity index (χ0v) is 18.8. The van der Waals surface area contributed by atoms with Gasteiger partial charge in [0.25, 0.3) is 5.56 Å². The fourth-order valence-corrected chi connectivity index (χ4v) is 3.75. The van der Waals surface area contributed by atoms with Gasteiger partial charge < -0.3 is 4.74 Å². The van der Waals surface area contributed by atoms with Crippen LogP contribution in [0.4, 0.5) is 0 Å². The highest BCUT2D eigenvalue weighted by Gasteiger charge is 2.11. The normalized spacial score (nSPS) is 11.2. The van der Waals surface area contributed by atoms with Crippen LogP contribution < -0.4 is 10.3 Å². The molecule has 1 heterocycles. The minimum atomic E-state index is -0.209. The summed E-state index contributed by atoms with van der Waals surface area (Å²) in [5, 5.41) is 5.04. The van der Waals surface area contributed by atoms with Crippen molar-refractivity contribution in [2.24, 2.45) is 5.10 Å². The summed E-state index contributed by atoms with van der Waals surface area (Å²) in [4.78, 5) is 18.0. The number of ether oxygens (including phenoxy) is 1. The predicted molar refractivity (Wildman–Crippen MR) is 136 cm³/mol. The van der Waals surface area contributed by atoms with E-state index in [0.29, 0.717) is 23.3 Å². The van der Waals surface area contributed by atoms with Gasteiger partial charge in [-0.1, -0.05) is 72.3 Å². The number of aryl methyl sites for hydroxylation is 1. The summed E-state index contributed by atoms with van der Waals surface area (Å²) in [6, 6.07) is 32.8. The van der Waals surface area contributed by atoms with Gasteiger partial charge in [-0.05, 0) is 54.4 Å². The highest BCUT2D eigenvalue weighted by Crippen LogP contribution is 2.19. The van der Waals surface area contributed by atoms with Gasteiger partial charge in [-0.2, -0.15) is 9.78 Å². The lowest BCUT2D eigenvalue weighted by atomic mass is 10.1. The van der Waals surface area contributed by atoms with E-state index in [1.54, 1.807) is 12.3 Å². The molecule has 0 bridgehead atoms. The molecular weight excluding hydrogens is 422 g/mol. The van der Waals surface area contributed by atoms with E-state index in [1.165, 1.54) is 10.2 Å². The van der Waals surface area contributed by atoms with E-state index >= 15 is 0 Å². The maximum absolute atomic E-state index is 13.2. The van der Waals surface area contributed by atoms with Gasteiger partial charge in [0.05, 0.1) is 17.1 Å². The lowest BCUT2D eigenvalue weighted by Gasteiger charge is -2.09. The summed E-state index contributed by atoms with van der Waals surface area (Å²) in [6.07, 6.45) is 1.66.